The van der Waals surface area contributed by atoms with Crippen molar-refractivity contribution in [2.24, 2.45) is 0 Å². The quantitative estimate of drug-likeness (QED) is 0.686. The third kappa shape index (κ3) is 1.96. The molecular formula is C17H13N3O. The van der Waals surface area contributed by atoms with E-state index in [9.17, 15) is 4.79 Å². The maximum absolute atomic E-state index is 12.8. The lowest BCUT2D eigenvalue weighted by Crippen LogP contribution is -2.26. The molecule has 3 aromatic rings. The minimum Gasteiger partial charge on any atom is -0.329 e. The van der Waals surface area contributed by atoms with Crippen molar-refractivity contribution < 1.29 is 4.79 Å². The smallest absolute Gasteiger partial charge is 0.273 e. The number of fused-ring (bicyclic) bond motifs is 2. The summed E-state index contributed by atoms with van der Waals surface area (Å²) in [6, 6.07) is 15.8. The van der Waals surface area contributed by atoms with Crippen LogP contribution in [0.2, 0.25) is 0 Å². The fourth-order valence-electron chi connectivity index (χ4n) is 2.80. The molecular weight excluding hydrogens is 262 g/mol. The second-order valence-corrected chi connectivity index (χ2v) is 5.17. The molecule has 1 aliphatic rings. The minimum absolute atomic E-state index is 0.0372. The number of aromatic nitrogens is 2. The van der Waals surface area contributed by atoms with Gasteiger partial charge in [-0.2, -0.15) is 0 Å². The maximum atomic E-state index is 12.8. The second-order valence-electron chi connectivity index (χ2n) is 5.17. The van der Waals surface area contributed by atoms with Crippen molar-refractivity contribution in [2.75, 3.05) is 0 Å². The maximum Gasteiger partial charge on any atom is 0.273 e. The molecule has 4 heteroatoms. The van der Waals surface area contributed by atoms with E-state index in [1.54, 1.807) is 0 Å². The third-order valence-corrected chi connectivity index (χ3v) is 3.87. The van der Waals surface area contributed by atoms with Crippen LogP contribution in [-0.2, 0) is 13.1 Å². The van der Waals surface area contributed by atoms with Gasteiger partial charge in [0.2, 0.25) is 0 Å². The zero-order chi connectivity index (χ0) is 14.2. The zero-order valence-corrected chi connectivity index (χ0v) is 11.4. The number of carbonyl (C=O) groups is 1. The fraction of sp³-hybridized carbons (Fsp3) is 0.118. The van der Waals surface area contributed by atoms with Gasteiger partial charge in [0.1, 0.15) is 12.0 Å². The Kier molecular flexibility index (Phi) is 2.67. The SMILES string of the molecule is O=C(c1ncnc2ccccc12)N1Cc2ccccc2C1. The molecule has 0 spiro atoms. The van der Waals surface area contributed by atoms with E-state index >= 15 is 0 Å². The number of amides is 1. The molecule has 0 saturated heterocycles. The Balaban J connectivity index is 1.72. The molecule has 2 aromatic carbocycles. The molecule has 2 heterocycles. The van der Waals surface area contributed by atoms with Crippen LogP contribution in [0, 0.1) is 0 Å². The molecule has 0 saturated carbocycles. The molecule has 0 radical (unpaired) electrons. The second kappa shape index (κ2) is 4.66. The Morgan fingerprint density at radius 3 is 2.33 bits per heavy atom. The van der Waals surface area contributed by atoms with Gasteiger partial charge < -0.3 is 4.90 Å². The van der Waals surface area contributed by atoms with E-state index in [1.165, 1.54) is 17.5 Å². The first kappa shape index (κ1) is 12.0. The lowest BCUT2D eigenvalue weighted by Gasteiger charge is -2.15. The first-order valence-corrected chi connectivity index (χ1v) is 6.89. The summed E-state index contributed by atoms with van der Waals surface area (Å²) in [6.07, 6.45) is 1.46. The molecule has 0 atom stereocenters. The van der Waals surface area contributed by atoms with Gasteiger partial charge in [-0.3, -0.25) is 4.79 Å². The average Bonchev–Trinajstić information content (AvgIpc) is 2.97. The van der Waals surface area contributed by atoms with Crippen LogP contribution in [0.5, 0.6) is 0 Å². The van der Waals surface area contributed by atoms with Crippen LogP contribution in [0.1, 0.15) is 21.6 Å². The number of carbonyl (C=O) groups excluding carboxylic acids is 1. The number of nitrogens with zero attached hydrogens (tertiary/aromatic N) is 3. The third-order valence-electron chi connectivity index (χ3n) is 3.87. The van der Waals surface area contributed by atoms with E-state index in [-0.39, 0.29) is 5.91 Å². The molecule has 0 aliphatic carbocycles. The van der Waals surface area contributed by atoms with Crippen molar-refractivity contribution in [1.82, 2.24) is 14.9 Å². The summed E-state index contributed by atoms with van der Waals surface area (Å²) in [5, 5.41) is 0.806. The van der Waals surface area contributed by atoms with Crippen LogP contribution in [0.3, 0.4) is 0 Å². The molecule has 1 amide bonds. The highest BCUT2D eigenvalue weighted by Gasteiger charge is 2.25. The van der Waals surface area contributed by atoms with Crippen molar-refractivity contribution in [1.29, 1.82) is 0 Å². The molecule has 102 valence electrons. The lowest BCUT2D eigenvalue weighted by atomic mass is 10.1. The Labute approximate surface area is 122 Å². The Hall–Kier alpha value is -2.75. The van der Waals surface area contributed by atoms with E-state index in [2.05, 4.69) is 22.1 Å². The highest BCUT2D eigenvalue weighted by molar-refractivity contribution is 6.04. The van der Waals surface area contributed by atoms with Gasteiger partial charge in [-0.25, -0.2) is 9.97 Å². The van der Waals surface area contributed by atoms with Crippen molar-refractivity contribution in [3.8, 4) is 0 Å². The van der Waals surface area contributed by atoms with Crippen molar-refractivity contribution in [3.63, 3.8) is 0 Å². The summed E-state index contributed by atoms with van der Waals surface area (Å²) >= 11 is 0. The first-order chi connectivity index (χ1) is 10.3. The molecule has 4 nitrogen and oxygen atoms in total. The van der Waals surface area contributed by atoms with E-state index in [4.69, 9.17) is 0 Å². The van der Waals surface area contributed by atoms with Gasteiger partial charge in [-0.05, 0) is 17.2 Å². The standard InChI is InChI=1S/C17H13N3O/c21-17(20-9-12-5-1-2-6-13(12)10-20)16-14-7-3-4-8-15(14)18-11-19-16/h1-8,11H,9-10H2. The lowest BCUT2D eigenvalue weighted by molar-refractivity contribution is 0.0747. The van der Waals surface area contributed by atoms with E-state index in [1.807, 2.05) is 41.3 Å². The number of hydrogen-bond acceptors (Lipinski definition) is 3. The van der Waals surface area contributed by atoms with Gasteiger partial charge >= 0.3 is 0 Å². The van der Waals surface area contributed by atoms with Crippen LogP contribution >= 0.6 is 0 Å². The summed E-state index contributed by atoms with van der Waals surface area (Å²) in [5.74, 6) is -0.0372. The molecule has 0 unspecified atom stereocenters. The Morgan fingerprint density at radius 1 is 0.905 bits per heavy atom. The molecule has 21 heavy (non-hydrogen) atoms. The number of rotatable bonds is 1. The van der Waals surface area contributed by atoms with Crippen LogP contribution in [-0.4, -0.2) is 20.8 Å². The van der Waals surface area contributed by atoms with Gasteiger partial charge in [0.15, 0.2) is 0 Å². The van der Waals surface area contributed by atoms with Gasteiger partial charge in [0, 0.05) is 18.5 Å². The molecule has 1 aliphatic heterocycles. The van der Waals surface area contributed by atoms with E-state index < -0.39 is 0 Å². The number of benzene rings is 2. The van der Waals surface area contributed by atoms with Gasteiger partial charge in [0.25, 0.3) is 5.91 Å². The average molecular weight is 275 g/mol. The molecule has 0 bridgehead atoms. The van der Waals surface area contributed by atoms with Crippen LogP contribution in [0.4, 0.5) is 0 Å². The first-order valence-electron chi connectivity index (χ1n) is 6.89. The summed E-state index contributed by atoms with van der Waals surface area (Å²) in [6.45, 7) is 1.29. The predicted molar refractivity (Wildman–Crippen MR) is 79.6 cm³/mol. The molecule has 0 N–H and O–H groups in total. The topological polar surface area (TPSA) is 46.1 Å². The number of para-hydroxylation sites is 1. The summed E-state index contributed by atoms with van der Waals surface area (Å²) in [5.41, 5.74) is 3.70. The van der Waals surface area contributed by atoms with Crippen LogP contribution in [0.25, 0.3) is 10.9 Å². The Morgan fingerprint density at radius 2 is 1.57 bits per heavy atom. The van der Waals surface area contributed by atoms with Crippen molar-refractivity contribution in [2.45, 2.75) is 13.1 Å². The largest absolute Gasteiger partial charge is 0.329 e. The summed E-state index contributed by atoms with van der Waals surface area (Å²) < 4.78 is 0. The summed E-state index contributed by atoms with van der Waals surface area (Å²) in [4.78, 5) is 23.0. The van der Waals surface area contributed by atoms with Crippen molar-refractivity contribution >= 4 is 16.8 Å². The zero-order valence-electron chi connectivity index (χ0n) is 11.4. The van der Waals surface area contributed by atoms with Crippen LogP contribution < -0.4 is 0 Å². The molecule has 1 aromatic heterocycles. The van der Waals surface area contributed by atoms with Gasteiger partial charge in [-0.15, -0.1) is 0 Å². The summed E-state index contributed by atoms with van der Waals surface area (Å²) in [7, 11) is 0. The number of hydrogen-bond donors (Lipinski definition) is 0. The Bertz CT molecular complexity index is 814. The molecule has 0 fully saturated rings. The normalized spacial score (nSPS) is 13.4. The minimum atomic E-state index is -0.0372. The van der Waals surface area contributed by atoms with Crippen LogP contribution in [0.15, 0.2) is 54.9 Å². The van der Waals surface area contributed by atoms with Gasteiger partial charge in [-0.1, -0.05) is 42.5 Å². The van der Waals surface area contributed by atoms with E-state index in [0.29, 0.717) is 18.8 Å². The predicted octanol–water partition coefficient (Wildman–Crippen LogP) is 2.79. The highest BCUT2D eigenvalue weighted by Crippen LogP contribution is 2.25. The monoisotopic (exact) mass is 275 g/mol. The fourth-order valence-corrected chi connectivity index (χ4v) is 2.80. The van der Waals surface area contributed by atoms with Gasteiger partial charge in [0.05, 0.1) is 5.52 Å². The highest BCUT2D eigenvalue weighted by atomic mass is 16.2. The van der Waals surface area contributed by atoms with Crippen molar-refractivity contribution in [3.05, 3.63) is 71.7 Å². The van der Waals surface area contributed by atoms with E-state index in [0.717, 1.165) is 10.9 Å². The molecule has 4 rings (SSSR count).